The molecule has 20 heavy (non-hydrogen) atoms. The van der Waals surface area contributed by atoms with Crippen LogP contribution in [0.2, 0.25) is 0 Å². The average molecular weight is 272 g/mol. The average Bonchev–Trinajstić information content (AvgIpc) is 2.48. The lowest BCUT2D eigenvalue weighted by Crippen LogP contribution is -2.26. The Bertz CT molecular complexity index is 599. The van der Waals surface area contributed by atoms with Crippen molar-refractivity contribution in [3.63, 3.8) is 0 Å². The second-order valence-electron chi connectivity index (χ2n) is 4.38. The number of carbonyl (C=O) groups is 1. The Morgan fingerprint density at radius 3 is 2.80 bits per heavy atom. The van der Waals surface area contributed by atoms with E-state index >= 15 is 0 Å². The number of aromatic nitrogens is 1. The molecule has 1 N–H and O–H groups in total. The maximum atomic E-state index is 12.3. The Labute approximate surface area is 117 Å². The van der Waals surface area contributed by atoms with E-state index < -0.39 is 0 Å². The molecule has 2 rings (SSSR count). The van der Waals surface area contributed by atoms with Crippen molar-refractivity contribution in [1.82, 2.24) is 9.88 Å². The molecule has 0 spiro atoms. The number of phenols is 1. The summed E-state index contributed by atoms with van der Waals surface area (Å²) in [5.41, 5.74) is 1.14. The van der Waals surface area contributed by atoms with Gasteiger partial charge in [-0.05, 0) is 23.8 Å². The van der Waals surface area contributed by atoms with Crippen molar-refractivity contribution >= 4 is 5.91 Å². The number of amides is 1. The summed E-state index contributed by atoms with van der Waals surface area (Å²) in [6.07, 6.45) is 3.38. The van der Waals surface area contributed by atoms with Crippen LogP contribution in [0.1, 0.15) is 15.9 Å². The molecule has 0 saturated heterocycles. The van der Waals surface area contributed by atoms with Gasteiger partial charge in [-0.2, -0.15) is 0 Å². The van der Waals surface area contributed by atoms with Crippen molar-refractivity contribution in [2.24, 2.45) is 0 Å². The SMILES string of the molecule is COc1cccc(C(=O)N(C)Cc2cccnc2)c1O. The molecule has 0 aliphatic rings. The fourth-order valence-electron chi connectivity index (χ4n) is 1.90. The number of ether oxygens (including phenoxy) is 1. The van der Waals surface area contributed by atoms with Crippen LogP contribution >= 0.6 is 0 Å². The summed E-state index contributed by atoms with van der Waals surface area (Å²) in [5, 5.41) is 9.99. The normalized spacial score (nSPS) is 10.1. The molecule has 0 aliphatic heterocycles. The number of rotatable bonds is 4. The molecule has 5 heteroatoms. The maximum Gasteiger partial charge on any atom is 0.257 e. The van der Waals surface area contributed by atoms with Gasteiger partial charge in [0.1, 0.15) is 0 Å². The Hall–Kier alpha value is -2.56. The summed E-state index contributed by atoms with van der Waals surface area (Å²) < 4.78 is 5.00. The summed E-state index contributed by atoms with van der Waals surface area (Å²) in [6, 6.07) is 8.55. The molecule has 0 saturated carbocycles. The van der Waals surface area contributed by atoms with Gasteiger partial charge < -0.3 is 14.7 Å². The number of hydrogen-bond donors (Lipinski definition) is 1. The Morgan fingerprint density at radius 2 is 2.15 bits per heavy atom. The largest absolute Gasteiger partial charge is 0.504 e. The van der Waals surface area contributed by atoms with Gasteiger partial charge in [-0.25, -0.2) is 0 Å². The van der Waals surface area contributed by atoms with E-state index in [2.05, 4.69) is 4.98 Å². The lowest BCUT2D eigenvalue weighted by molar-refractivity contribution is 0.0781. The summed E-state index contributed by atoms with van der Waals surface area (Å²) in [6.45, 7) is 0.420. The zero-order valence-electron chi connectivity index (χ0n) is 11.4. The highest BCUT2D eigenvalue weighted by Gasteiger charge is 2.18. The van der Waals surface area contributed by atoms with E-state index in [1.165, 1.54) is 12.0 Å². The van der Waals surface area contributed by atoms with Crippen molar-refractivity contribution in [3.05, 3.63) is 53.9 Å². The second kappa shape index (κ2) is 6.06. The van der Waals surface area contributed by atoms with Crippen LogP contribution in [-0.4, -0.2) is 35.1 Å². The molecule has 0 radical (unpaired) electrons. The van der Waals surface area contributed by atoms with Gasteiger partial charge in [0.15, 0.2) is 11.5 Å². The first-order valence-corrected chi connectivity index (χ1v) is 6.14. The number of benzene rings is 1. The van der Waals surface area contributed by atoms with Crippen molar-refractivity contribution in [2.45, 2.75) is 6.54 Å². The molecule has 5 nitrogen and oxygen atoms in total. The first kappa shape index (κ1) is 13.9. The molecular weight excluding hydrogens is 256 g/mol. The fourth-order valence-corrected chi connectivity index (χ4v) is 1.90. The third-order valence-corrected chi connectivity index (χ3v) is 2.94. The third-order valence-electron chi connectivity index (χ3n) is 2.94. The fraction of sp³-hybridized carbons (Fsp3) is 0.200. The van der Waals surface area contributed by atoms with E-state index in [0.29, 0.717) is 6.54 Å². The van der Waals surface area contributed by atoms with Gasteiger partial charge >= 0.3 is 0 Å². The van der Waals surface area contributed by atoms with Gasteiger partial charge in [-0.3, -0.25) is 9.78 Å². The number of phenolic OH excluding ortho intramolecular Hbond substituents is 1. The van der Waals surface area contributed by atoms with E-state index in [9.17, 15) is 9.90 Å². The van der Waals surface area contributed by atoms with Gasteiger partial charge in [0.2, 0.25) is 0 Å². The molecule has 0 bridgehead atoms. The Morgan fingerprint density at radius 1 is 1.35 bits per heavy atom. The number of pyridine rings is 1. The topological polar surface area (TPSA) is 62.7 Å². The zero-order valence-corrected chi connectivity index (χ0v) is 11.4. The molecule has 1 heterocycles. The van der Waals surface area contributed by atoms with Gasteiger partial charge in [0.25, 0.3) is 5.91 Å². The number of aromatic hydroxyl groups is 1. The smallest absolute Gasteiger partial charge is 0.257 e. The number of para-hydroxylation sites is 1. The van der Waals surface area contributed by atoms with E-state index in [4.69, 9.17) is 4.74 Å². The minimum Gasteiger partial charge on any atom is -0.504 e. The van der Waals surface area contributed by atoms with Crippen LogP contribution in [0.4, 0.5) is 0 Å². The molecule has 0 fully saturated rings. The lowest BCUT2D eigenvalue weighted by Gasteiger charge is -2.18. The van der Waals surface area contributed by atoms with Crippen LogP contribution in [0.25, 0.3) is 0 Å². The molecule has 0 atom stereocenters. The number of nitrogens with zero attached hydrogens (tertiary/aromatic N) is 2. The van der Waals surface area contributed by atoms with Gasteiger partial charge in [-0.1, -0.05) is 12.1 Å². The number of hydrogen-bond acceptors (Lipinski definition) is 4. The first-order valence-electron chi connectivity index (χ1n) is 6.14. The second-order valence-corrected chi connectivity index (χ2v) is 4.38. The Kier molecular flexibility index (Phi) is 4.20. The lowest BCUT2D eigenvalue weighted by atomic mass is 10.1. The van der Waals surface area contributed by atoms with E-state index in [-0.39, 0.29) is 23.0 Å². The van der Waals surface area contributed by atoms with Crippen molar-refractivity contribution in [2.75, 3.05) is 14.2 Å². The molecule has 1 amide bonds. The summed E-state index contributed by atoms with van der Waals surface area (Å²) in [4.78, 5) is 17.9. The van der Waals surface area contributed by atoms with Gasteiger partial charge in [0, 0.05) is 26.0 Å². The molecule has 1 aromatic carbocycles. The Balaban J connectivity index is 2.19. The summed E-state index contributed by atoms with van der Waals surface area (Å²) in [5.74, 6) is -0.131. The van der Waals surface area contributed by atoms with E-state index in [0.717, 1.165) is 5.56 Å². The molecule has 0 aliphatic carbocycles. The van der Waals surface area contributed by atoms with Crippen molar-refractivity contribution < 1.29 is 14.6 Å². The van der Waals surface area contributed by atoms with Crippen LogP contribution in [0.5, 0.6) is 11.5 Å². The van der Waals surface area contributed by atoms with Crippen LogP contribution in [0.3, 0.4) is 0 Å². The minimum absolute atomic E-state index is 0.141. The highest BCUT2D eigenvalue weighted by molar-refractivity contribution is 5.97. The molecular formula is C15H16N2O3. The first-order chi connectivity index (χ1) is 9.63. The summed E-state index contributed by atoms with van der Waals surface area (Å²) >= 11 is 0. The van der Waals surface area contributed by atoms with Crippen LogP contribution in [0.15, 0.2) is 42.7 Å². The molecule has 104 valence electrons. The predicted octanol–water partition coefficient (Wildman–Crippen LogP) is 2.07. The third kappa shape index (κ3) is 2.88. The van der Waals surface area contributed by atoms with Crippen LogP contribution < -0.4 is 4.74 Å². The zero-order chi connectivity index (χ0) is 14.5. The minimum atomic E-state index is -0.273. The standard InChI is InChI=1S/C15H16N2O3/c1-17(10-11-5-4-8-16-9-11)15(19)12-6-3-7-13(20-2)14(12)18/h3-9,18H,10H2,1-2H3. The molecule has 1 aromatic heterocycles. The van der Waals surface area contributed by atoms with Crippen LogP contribution in [0, 0.1) is 0 Å². The monoisotopic (exact) mass is 272 g/mol. The predicted molar refractivity (Wildman–Crippen MR) is 74.7 cm³/mol. The summed E-state index contributed by atoms with van der Waals surface area (Å²) in [7, 11) is 3.12. The van der Waals surface area contributed by atoms with Gasteiger partial charge in [-0.15, -0.1) is 0 Å². The number of methoxy groups -OCH3 is 1. The van der Waals surface area contributed by atoms with Crippen molar-refractivity contribution in [3.8, 4) is 11.5 Å². The quantitative estimate of drug-likeness (QED) is 0.925. The molecule has 0 unspecified atom stereocenters. The highest BCUT2D eigenvalue weighted by atomic mass is 16.5. The van der Waals surface area contributed by atoms with E-state index in [1.807, 2.05) is 12.1 Å². The van der Waals surface area contributed by atoms with Crippen LogP contribution in [-0.2, 0) is 6.54 Å². The van der Waals surface area contributed by atoms with Crippen molar-refractivity contribution in [1.29, 1.82) is 0 Å². The number of carbonyl (C=O) groups excluding carboxylic acids is 1. The molecule has 2 aromatic rings. The van der Waals surface area contributed by atoms with E-state index in [1.54, 1.807) is 37.6 Å². The highest BCUT2D eigenvalue weighted by Crippen LogP contribution is 2.30. The van der Waals surface area contributed by atoms with Gasteiger partial charge in [0.05, 0.1) is 12.7 Å². The maximum absolute atomic E-state index is 12.3.